The number of hydrogen-bond donors (Lipinski definition) is 1. The van der Waals surface area contributed by atoms with Crippen LogP contribution in [-0.2, 0) is 0 Å². The van der Waals surface area contributed by atoms with Crippen molar-refractivity contribution in [2.45, 2.75) is 0 Å². The molecule has 0 bridgehead atoms. The lowest BCUT2D eigenvalue weighted by molar-refractivity contribution is 0.332. The molecule has 0 unspecified atom stereocenters. The molecule has 3 aromatic carbocycles. The number of ether oxygens (including phenoxy) is 1. The van der Waals surface area contributed by atoms with Crippen LogP contribution in [0.25, 0.3) is 16.7 Å². The predicted molar refractivity (Wildman–Crippen MR) is 107 cm³/mol. The number of nitrogens with one attached hydrogen (secondary N) is 1. The average Bonchev–Trinajstić information content (AvgIpc) is 3.05. The first kappa shape index (κ1) is 16.5. The lowest BCUT2D eigenvalue weighted by Gasteiger charge is -2.12. The van der Waals surface area contributed by atoms with Gasteiger partial charge in [0.1, 0.15) is 12.4 Å². The van der Waals surface area contributed by atoms with Gasteiger partial charge in [0.15, 0.2) is 0 Å². The van der Waals surface area contributed by atoms with Gasteiger partial charge in [0.2, 0.25) is 5.95 Å². The Hall–Kier alpha value is -2.98. The maximum atomic E-state index is 6.03. The van der Waals surface area contributed by atoms with Crippen LogP contribution in [-0.4, -0.2) is 22.7 Å². The molecule has 4 aromatic rings. The lowest BCUT2D eigenvalue weighted by atomic mass is 10.3. The second-order valence-corrected chi connectivity index (χ2v) is 6.26. The molecule has 0 fully saturated rings. The number of para-hydroxylation sites is 3. The summed E-state index contributed by atoms with van der Waals surface area (Å²) in [6, 6.07) is 25.6. The van der Waals surface area contributed by atoms with E-state index in [0.717, 1.165) is 28.4 Å². The van der Waals surface area contributed by atoms with Crippen LogP contribution in [0.4, 0.5) is 5.95 Å². The number of hydrogen-bond acceptors (Lipinski definition) is 3. The van der Waals surface area contributed by atoms with E-state index in [9.17, 15) is 0 Å². The Morgan fingerprint density at radius 1 is 0.885 bits per heavy atom. The molecule has 0 saturated carbocycles. The molecule has 0 saturated heterocycles. The van der Waals surface area contributed by atoms with Crippen LogP contribution in [0.3, 0.4) is 0 Å². The van der Waals surface area contributed by atoms with E-state index in [2.05, 4.69) is 16.0 Å². The number of imidazole rings is 1. The Kier molecular flexibility index (Phi) is 4.75. The fraction of sp³-hybridized carbons (Fsp3) is 0.0952. The van der Waals surface area contributed by atoms with Gasteiger partial charge >= 0.3 is 0 Å². The van der Waals surface area contributed by atoms with E-state index in [1.807, 2.05) is 72.8 Å². The van der Waals surface area contributed by atoms with Gasteiger partial charge in [0, 0.05) is 10.7 Å². The van der Waals surface area contributed by atoms with Crippen molar-refractivity contribution in [2.24, 2.45) is 0 Å². The van der Waals surface area contributed by atoms with E-state index in [-0.39, 0.29) is 0 Å². The fourth-order valence-corrected chi connectivity index (χ4v) is 2.97. The van der Waals surface area contributed by atoms with E-state index < -0.39 is 0 Å². The largest absolute Gasteiger partial charge is 0.492 e. The Bertz CT molecular complexity index is 997. The van der Waals surface area contributed by atoms with Crippen LogP contribution in [0.15, 0.2) is 78.9 Å². The number of aromatic nitrogens is 2. The van der Waals surface area contributed by atoms with Crippen LogP contribution in [0.5, 0.6) is 5.75 Å². The molecule has 0 atom stereocenters. The van der Waals surface area contributed by atoms with Crippen molar-refractivity contribution in [3.8, 4) is 11.4 Å². The van der Waals surface area contributed by atoms with Crippen molar-refractivity contribution >= 4 is 28.6 Å². The molecule has 1 aromatic heterocycles. The first-order valence-corrected chi connectivity index (χ1v) is 8.84. The van der Waals surface area contributed by atoms with Gasteiger partial charge in [0.25, 0.3) is 0 Å². The molecule has 26 heavy (non-hydrogen) atoms. The first-order chi connectivity index (χ1) is 12.8. The highest BCUT2D eigenvalue weighted by molar-refractivity contribution is 6.30. The highest BCUT2D eigenvalue weighted by Crippen LogP contribution is 2.25. The quantitative estimate of drug-likeness (QED) is 0.480. The summed E-state index contributed by atoms with van der Waals surface area (Å²) in [6.45, 7) is 1.19. The van der Waals surface area contributed by atoms with E-state index >= 15 is 0 Å². The topological polar surface area (TPSA) is 39.1 Å². The summed E-state index contributed by atoms with van der Waals surface area (Å²) in [4.78, 5) is 4.72. The van der Waals surface area contributed by atoms with Gasteiger partial charge in [-0.05, 0) is 48.5 Å². The third-order valence-electron chi connectivity index (χ3n) is 4.04. The zero-order valence-corrected chi connectivity index (χ0v) is 14.9. The number of nitrogens with zero attached hydrogens (tertiary/aromatic N) is 2. The van der Waals surface area contributed by atoms with Crippen molar-refractivity contribution < 1.29 is 4.74 Å². The second-order valence-electron chi connectivity index (χ2n) is 5.82. The summed E-state index contributed by atoms with van der Waals surface area (Å²) >= 11 is 6.03. The molecule has 4 nitrogen and oxygen atoms in total. The van der Waals surface area contributed by atoms with E-state index in [4.69, 9.17) is 21.3 Å². The van der Waals surface area contributed by atoms with Gasteiger partial charge in [0.05, 0.1) is 17.6 Å². The van der Waals surface area contributed by atoms with Crippen LogP contribution < -0.4 is 10.1 Å². The zero-order chi connectivity index (χ0) is 17.8. The van der Waals surface area contributed by atoms with Gasteiger partial charge in [-0.25, -0.2) is 4.98 Å². The molecule has 4 rings (SSSR count). The standard InChI is InChI=1S/C21H18ClN3O/c22-16-10-12-17(13-11-16)25-20-9-5-4-8-19(20)24-21(25)23-14-15-26-18-6-2-1-3-7-18/h1-13H,14-15H2,(H,23,24). The van der Waals surface area contributed by atoms with Gasteiger partial charge in [-0.1, -0.05) is 41.9 Å². The van der Waals surface area contributed by atoms with E-state index in [1.165, 1.54) is 0 Å². The predicted octanol–water partition coefficient (Wildman–Crippen LogP) is 5.17. The maximum absolute atomic E-state index is 6.03. The summed E-state index contributed by atoms with van der Waals surface area (Å²) < 4.78 is 7.84. The Morgan fingerprint density at radius 2 is 1.62 bits per heavy atom. The SMILES string of the molecule is Clc1ccc(-n2c(NCCOc3ccccc3)nc3ccccc32)cc1. The van der Waals surface area contributed by atoms with Crippen LogP contribution in [0, 0.1) is 0 Å². The molecule has 0 radical (unpaired) electrons. The maximum Gasteiger partial charge on any atom is 0.208 e. The molecule has 1 N–H and O–H groups in total. The Morgan fingerprint density at radius 3 is 2.42 bits per heavy atom. The zero-order valence-electron chi connectivity index (χ0n) is 14.1. The highest BCUT2D eigenvalue weighted by atomic mass is 35.5. The van der Waals surface area contributed by atoms with Crippen molar-refractivity contribution in [2.75, 3.05) is 18.5 Å². The molecule has 0 aliphatic heterocycles. The highest BCUT2D eigenvalue weighted by Gasteiger charge is 2.11. The minimum absolute atomic E-state index is 0.549. The van der Waals surface area contributed by atoms with Crippen LogP contribution in [0.1, 0.15) is 0 Å². The number of halogens is 1. The lowest BCUT2D eigenvalue weighted by Crippen LogP contribution is -2.14. The van der Waals surface area contributed by atoms with Crippen molar-refractivity contribution in [1.29, 1.82) is 0 Å². The average molecular weight is 364 g/mol. The van der Waals surface area contributed by atoms with Crippen molar-refractivity contribution in [3.63, 3.8) is 0 Å². The summed E-state index contributed by atoms with van der Waals surface area (Å²) in [5, 5.41) is 4.09. The number of anilines is 1. The molecule has 0 spiro atoms. The fourth-order valence-electron chi connectivity index (χ4n) is 2.84. The summed E-state index contributed by atoms with van der Waals surface area (Å²) in [5.74, 6) is 1.64. The van der Waals surface area contributed by atoms with E-state index in [0.29, 0.717) is 18.2 Å². The molecular formula is C21H18ClN3O. The molecule has 0 aliphatic rings. The van der Waals surface area contributed by atoms with Crippen molar-refractivity contribution in [3.05, 3.63) is 83.9 Å². The van der Waals surface area contributed by atoms with Crippen molar-refractivity contribution in [1.82, 2.24) is 9.55 Å². The Balaban J connectivity index is 1.56. The second kappa shape index (κ2) is 7.50. The third-order valence-corrected chi connectivity index (χ3v) is 4.29. The minimum atomic E-state index is 0.549. The summed E-state index contributed by atoms with van der Waals surface area (Å²) in [7, 11) is 0. The molecule has 1 heterocycles. The molecular weight excluding hydrogens is 346 g/mol. The third kappa shape index (κ3) is 3.51. The minimum Gasteiger partial charge on any atom is -0.492 e. The number of benzene rings is 3. The number of fused-ring (bicyclic) bond motifs is 1. The van der Waals surface area contributed by atoms with Gasteiger partial charge in [-0.3, -0.25) is 4.57 Å². The molecule has 5 heteroatoms. The summed E-state index contributed by atoms with van der Waals surface area (Å²) in [6.07, 6.45) is 0. The van der Waals surface area contributed by atoms with Gasteiger partial charge in [-0.2, -0.15) is 0 Å². The first-order valence-electron chi connectivity index (χ1n) is 8.46. The molecule has 0 amide bonds. The van der Waals surface area contributed by atoms with Crippen LogP contribution >= 0.6 is 11.6 Å². The normalized spacial score (nSPS) is 10.8. The molecule has 0 aliphatic carbocycles. The van der Waals surface area contributed by atoms with Crippen LogP contribution in [0.2, 0.25) is 5.02 Å². The number of rotatable bonds is 6. The monoisotopic (exact) mass is 363 g/mol. The van der Waals surface area contributed by atoms with Gasteiger partial charge in [-0.15, -0.1) is 0 Å². The smallest absolute Gasteiger partial charge is 0.208 e. The van der Waals surface area contributed by atoms with E-state index in [1.54, 1.807) is 0 Å². The Labute approximate surface area is 157 Å². The van der Waals surface area contributed by atoms with Gasteiger partial charge < -0.3 is 10.1 Å². The molecule has 130 valence electrons. The summed E-state index contributed by atoms with van der Waals surface area (Å²) in [5.41, 5.74) is 2.99.